The molecule has 2 nitrogen and oxygen atoms in total. The molecule has 1 aromatic carbocycles. The van der Waals surface area contributed by atoms with Gasteiger partial charge in [0.15, 0.2) is 5.13 Å². The van der Waals surface area contributed by atoms with Crippen LogP contribution >= 0.6 is 27.3 Å². The Morgan fingerprint density at radius 1 is 1.33 bits per heavy atom. The molecule has 0 saturated heterocycles. The number of fused-ring (bicyclic) bond motifs is 1. The van der Waals surface area contributed by atoms with Crippen molar-refractivity contribution in [1.82, 2.24) is 4.98 Å². The Kier molecular flexibility index (Phi) is 2.38. The number of nitrogens with two attached hydrogens (primary N) is 1. The fourth-order valence-electron chi connectivity index (χ4n) is 1.17. The zero-order valence-corrected chi connectivity index (χ0v) is 9.50. The van der Waals surface area contributed by atoms with Crippen LogP contribution in [-0.4, -0.2) is 4.98 Å². The van der Waals surface area contributed by atoms with Crippen molar-refractivity contribution >= 4 is 42.6 Å². The van der Waals surface area contributed by atoms with Crippen LogP contribution in [-0.2, 0) is 6.18 Å². The Morgan fingerprint density at radius 3 is 2.60 bits per heavy atom. The second-order valence-electron chi connectivity index (χ2n) is 2.86. The van der Waals surface area contributed by atoms with Gasteiger partial charge < -0.3 is 5.73 Å². The molecule has 0 aliphatic heterocycles. The predicted molar refractivity (Wildman–Crippen MR) is 56.7 cm³/mol. The van der Waals surface area contributed by atoms with Gasteiger partial charge in [-0.05, 0) is 28.1 Å². The first kappa shape index (κ1) is 10.7. The lowest BCUT2D eigenvalue weighted by Gasteiger charge is -2.06. The Labute approximate surface area is 95.0 Å². The van der Waals surface area contributed by atoms with Crippen molar-refractivity contribution in [2.75, 3.05) is 5.73 Å². The Balaban J connectivity index is 2.72. The molecule has 0 bridgehead atoms. The fraction of sp³-hybridized carbons (Fsp3) is 0.125. The lowest BCUT2D eigenvalue weighted by molar-refractivity contribution is -0.137. The van der Waals surface area contributed by atoms with Gasteiger partial charge >= 0.3 is 6.18 Å². The molecule has 80 valence electrons. The van der Waals surface area contributed by atoms with Crippen LogP contribution in [0.15, 0.2) is 16.6 Å². The SMILES string of the molecule is Nc1nc2cc(C(F)(F)F)cc(Br)c2s1. The first-order chi connectivity index (χ1) is 6.88. The molecule has 1 heterocycles. The largest absolute Gasteiger partial charge is 0.416 e. The summed E-state index contributed by atoms with van der Waals surface area (Å²) < 4.78 is 38.3. The van der Waals surface area contributed by atoms with Gasteiger partial charge in [0.2, 0.25) is 0 Å². The van der Waals surface area contributed by atoms with Crippen LogP contribution in [0.1, 0.15) is 5.56 Å². The third-order valence-electron chi connectivity index (χ3n) is 1.79. The summed E-state index contributed by atoms with van der Waals surface area (Å²) in [6, 6.07) is 2.02. The number of hydrogen-bond acceptors (Lipinski definition) is 3. The number of alkyl halides is 3. The molecule has 7 heteroatoms. The van der Waals surface area contributed by atoms with Crippen LogP contribution in [0.3, 0.4) is 0 Å². The van der Waals surface area contributed by atoms with E-state index in [0.29, 0.717) is 9.17 Å². The van der Waals surface area contributed by atoms with Crippen LogP contribution < -0.4 is 5.73 Å². The summed E-state index contributed by atoms with van der Waals surface area (Å²) >= 11 is 4.22. The van der Waals surface area contributed by atoms with Gasteiger partial charge in [0.1, 0.15) is 0 Å². The summed E-state index contributed by atoms with van der Waals surface area (Å²) in [5, 5.41) is 0.255. The smallest absolute Gasteiger partial charge is 0.375 e. The molecule has 0 aliphatic carbocycles. The van der Waals surface area contributed by atoms with Crippen LogP contribution in [0.2, 0.25) is 0 Å². The van der Waals surface area contributed by atoms with E-state index >= 15 is 0 Å². The zero-order chi connectivity index (χ0) is 11.2. The molecule has 2 rings (SSSR count). The van der Waals surface area contributed by atoms with Crippen LogP contribution in [0.4, 0.5) is 18.3 Å². The number of halogens is 4. The lowest BCUT2D eigenvalue weighted by atomic mass is 10.2. The van der Waals surface area contributed by atoms with Crippen molar-refractivity contribution in [3.05, 3.63) is 22.2 Å². The standard InChI is InChI=1S/C8H4BrF3N2S/c9-4-1-3(8(10,11)12)2-5-6(4)15-7(13)14-5/h1-2H,(H2,13,14). The fourth-order valence-corrected chi connectivity index (χ4v) is 2.58. The van der Waals surface area contributed by atoms with Crippen molar-refractivity contribution in [1.29, 1.82) is 0 Å². The van der Waals surface area contributed by atoms with E-state index in [0.717, 1.165) is 23.5 Å². The van der Waals surface area contributed by atoms with Gasteiger partial charge in [0, 0.05) is 4.47 Å². The number of nitrogens with zero attached hydrogens (tertiary/aromatic N) is 1. The number of anilines is 1. The van der Waals surface area contributed by atoms with Gasteiger partial charge in [-0.15, -0.1) is 0 Å². The molecule has 2 N–H and O–H groups in total. The average Bonchev–Trinajstić information content (AvgIpc) is 2.44. The topological polar surface area (TPSA) is 38.9 Å². The summed E-state index contributed by atoms with van der Waals surface area (Å²) in [5.41, 5.74) is 4.96. The van der Waals surface area contributed by atoms with Crippen molar-refractivity contribution in [2.45, 2.75) is 6.18 Å². The number of aromatic nitrogens is 1. The van der Waals surface area contributed by atoms with Crippen molar-refractivity contribution in [2.24, 2.45) is 0 Å². The molecule has 0 unspecified atom stereocenters. The Bertz CT molecular complexity index is 520. The number of benzene rings is 1. The van der Waals surface area contributed by atoms with E-state index in [1.54, 1.807) is 0 Å². The average molecular weight is 297 g/mol. The molecule has 0 atom stereocenters. The minimum Gasteiger partial charge on any atom is -0.375 e. The highest BCUT2D eigenvalue weighted by Crippen LogP contribution is 2.37. The highest BCUT2D eigenvalue weighted by atomic mass is 79.9. The molecular formula is C8H4BrF3N2S. The van der Waals surface area contributed by atoms with E-state index in [9.17, 15) is 13.2 Å². The lowest BCUT2D eigenvalue weighted by Crippen LogP contribution is -2.04. The molecule has 0 radical (unpaired) electrons. The quantitative estimate of drug-likeness (QED) is 0.806. The second kappa shape index (κ2) is 3.34. The third-order valence-corrected chi connectivity index (χ3v) is 3.61. The molecule has 15 heavy (non-hydrogen) atoms. The second-order valence-corrected chi connectivity index (χ2v) is 4.74. The summed E-state index contributed by atoms with van der Waals surface area (Å²) in [6.07, 6.45) is -4.37. The van der Waals surface area contributed by atoms with E-state index in [1.807, 2.05) is 0 Å². The van der Waals surface area contributed by atoms with Crippen molar-refractivity contribution < 1.29 is 13.2 Å². The van der Waals surface area contributed by atoms with E-state index in [-0.39, 0.29) is 10.6 Å². The van der Waals surface area contributed by atoms with Crippen LogP contribution in [0.5, 0.6) is 0 Å². The first-order valence-electron chi connectivity index (χ1n) is 3.80. The van der Waals surface area contributed by atoms with E-state index in [4.69, 9.17) is 5.73 Å². The zero-order valence-electron chi connectivity index (χ0n) is 7.10. The highest BCUT2D eigenvalue weighted by molar-refractivity contribution is 9.10. The number of thiazole rings is 1. The molecule has 0 saturated carbocycles. The molecule has 0 aliphatic rings. The minimum atomic E-state index is -4.37. The summed E-state index contributed by atoms with van der Waals surface area (Å²) in [4.78, 5) is 3.81. The maximum absolute atomic E-state index is 12.4. The predicted octanol–water partition coefficient (Wildman–Crippen LogP) is 3.66. The van der Waals surface area contributed by atoms with Gasteiger partial charge in [-0.3, -0.25) is 0 Å². The highest BCUT2D eigenvalue weighted by Gasteiger charge is 2.31. The van der Waals surface area contributed by atoms with Crippen LogP contribution in [0, 0.1) is 0 Å². The molecule has 0 fully saturated rings. The molecule has 1 aromatic heterocycles. The Morgan fingerprint density at radius 2 is 2.00 bits per heavy atom. The molecule has 0 spiro atoms. The first-order valence-corrected chi connectivity index (χ1v) is 5.41. The number of rotatable bonds is 0. The minimum absolute atomic E-state index is 0.255. The summed E-state index contributed by atoms with van der Waals surface area (Å²) in [5.74, 6) is 0. The summed E-state index contributed by atoms with van der Waals surface area (Å²) in [7, 11) is 0. The van der Waals surface area contributed by atoms with Gasteiger partial charge in [0.25, 0.3) is 0 Å². The maximum atomic E-state index is 12.4. The number of nitrogen functional groups attached to an aromatic ring is 1. The molecule has 0 amide bonds. The normalized spacial score (nSPS) is 12.3. The van der Waals surface area contributed by atoms with E-state index in [2.05, 4.69) is 20.9 Å². The maximum Gasteiger partial charge on any atom is 0.416 e. The molecule has 2 aromatic rings. The van der Waals surface area contributed by atoms with Crippen LogP contribution in [0.25, 0.3) is 10.2 Å². The Hall–Kier alpha value is -0.820. The van der Waals surface area contributed by atoms with Gasteiger partial charge in [0.05, 0.1) is 15.8 Å². The van der Waals surface area contributed by atoms with Gasteiger partial charge in [-0.1, -0.05) is 11.3 Å². The number of hydrogen-bond donors (Lipinski definition) is 1. The molecular weight excluding hydrogens is 293 g/mol. The van der Waals surface area contributed by atoms with Gasteiger partial charge in [-0.25, -0.2) is 4.98 Å². The van der Waals surface area contributed by atoms with Gasteiger partial charge in [-0.2, -0.15) is 13.2 Å². The van der Waals surface area contributed by atoms with Crippen molar-refractivity contribution in [3.8, 4) is 0 Å². The third kappa shape index (κ3) is 1.93. The monoisotopic (exact) mass is 296 g/mol. The summed E-state index contributed by atoms with van der Waals surface area (Å²) in [6.45, 7) is 0. The van der Waals surface area contributed by atoms with Crippen molar-refractivity contribution in [3.63, 3.8) is 0 Å². The van der Waals surface area contributed by atoms with E-state index < -0.39 is 11.7 Å². The van der Waals surface area contributed by atoms with E-state index in [1.165, 1.54) is 0 Å².